The zero-order valence-corrected chi connectivity index (χ0v) is 8.61. The molecule has 0 aromatic rings. The Bertz CT molecular complexity index is 206. The average Bonchev–Trinajstić information content (AvgIpc) is 2.09. The van der Waals surface area contributed by atoms with Crippen LogP contribution in [0.2, 0.25) is 0 Å². The molecular formula is C8H16N2O4. The number of carbonyl (C=O) groups is 2. The maximum Gasteiger partial charge on any atom is 0.322 e. The van der Waals surface area contributed by atoms with E-state index in [9.17, 15) is 9.59 Å². The fourth-order valence-corrected chi connectivity index (χ4v) is 0.873. The molecule has 2 N–H and O–H groups in total. The van der Waals surface area contributed by atoms with Crippen molar-refractivity contribution in [3.05, 3.63) is 0 Å². The van der Waals surface area contributed by atoms with Crippen LogP contribution in [0.15, 0.2) is 0 Å². The minimum atomic E-state index is -1.07. The smallest absolute Gasteiger partial charge is 0.322 e. The first-order valence-electron chi connectivity index (χ1n) is 4.14. The number of likely N-dealkylation sites (N-methyl/N-ethyl adjacent to an activating group) is 1. The Kier molecular flexibility index (Phi) is 5.82. The Morgan fingerprint density at radius 1 is 1.50 bits per heavy atom. The van der Waals surface area contributed by atoms with Crippen molar-refractivity contribution in [1.82, 2.24) is 10.2 Å². The van der Waals surface area contributed by atoms with Crippen LogP contribution in [0.3, 0.4) is 0 Å². The molecule has 1 amide bonds. The molecule has 1 atom stereocenters. The molecule has 0 aliphatic carbocycles. The third-order valence-electron chi connectivity index (χ3n) is 1.52. The number of methoxy groups -OCH3 is 1. The highest BCUT2D eigenvalue weighted by Crippen LogP contribution is 1.92. The van der Waals surface area contributed by atoms with Gasteiger partial charge in [0.2, 0.25) is 0 Å². The summed E-state index contributed by atoms with van der Waals surface area (Å²) in [6.07, 6.45) is -0.635. The molecule has 82 valence electrons. The van der Waals surface area contributed by atoms with E-state index in [-0.39, 0.29) is 6.54 Å². The highest BCUT2D eigenvalue weighted by Gasteiger charge is 2.18. The van der Waals surface area contributed by atoms with Gasteiger partial charge in [0.15, 0.2) is 0 Å². The Hall–Kier alpha value is -1.14. The molecular weight excluding hydrogens is 188 g/mol. The van der Waals surface area contributed by atoms with E-state index >= 15 is 0 Å². The molecule has 0 saturated carbocycles. The van der Waals surface area contributed by atoms with Crippen LogP contribution < -0.4 is 5.32 Å². The predicted molar refractivity (Wildman–Crippen MR) is 50.0 cm³/mol. The second kappa shape index (κ2) is 6.33. The van der Waals surface area contributed by atoms with Crippen LogP contribution in [0, 0.1) is 0 Å². The molecule has 0 aliphatic heterocycles. The van der Waals surface area contributed by atoms with Gasteiger partial charge in [-0.05, 0) is 14.1 Å². The fraction of sp³-hybridized carbons (Fsp3) is 0.750. The summed E-state index contributed by atoms with van der Waals surface area (Å²) in [5.41, 5.74) is 0. The van der Waals surface area contributed by atoms with Crippen molar-refractivity contribution in [2.24, 2.45) is 0 Å². The van der Waals surface area contributed by atoms with Crippen LogP contribution in [0.4, 0.5) is 0 Å². The number of nitrogens with zero attached hydrogens (tertiary/aromatic N) is 1. The molecule has 0 aromatic carbocycles. The van der Waals surface area contributed by atoms with Crippen LogP contribution in [0.5, 0.6) is 0 Å². The SMILES string of the molecule is COC(CN(C)C)C(=O)NCC(=O)O. The summed E-state index contributed by atoms with van der Waals surface area (Å²) in [6.45, 7) is 0.0358. The van der Waals surface area contributed by atoms with Gasteiger partial charge < -0.3 is 20.1 Å². The van der Waals surface area contributed by atoms with Crippen LogP contribution in [0.25, 0.3) is 0 Å². The van der Waals surface area contributed by atoms with Crippen molar-refractivity contribution in [3.63, 3.8) is 0 Å². The highest BCUT2D eigenvalue weighted by molar-refractivity contribution is 5.84. The van der Waals surface area contributed by atoms with E-state index in [4.69, 9.17) is 9.84 Å². The number of amides is 1. The molecule has 0 rings (SSSR count). The number of nitrogens with one attached hydrogen (secondary N) is 1. The third kappa shape index (κ3) is 5.50. The molecule has 14 heavy (non-hydrogen) atoms. The monoisotopic (exact) mass is 204 g/mol. The molecule has 1 unspecified atom stereocenters. The molecule has 0 fully saturated rings. The topological polar surface area (TPSA) is 78.9 Å². The van der Waals surface area contributed by atoms with Crippen LogP contribution in [-0.4, -0.2) is 62.3 Å². The summed E-state index contributed by atoms with van der Waals surface area (Å²) in [6, 6.07) is 0. The number of hydrogen-bond acceptors (Lipinski definition) is 4. The van der Waals surface area contributed by atoms with E-state index in [1.54, 1.807) is 19.0 Å². The van der Waals surface area contributed by atoms with Gasteiger partial charge in [0.25, 0.3) is 5.91 Å². The van der Waals surface area contributed by atoms with E-state index < -0.39 is 18.0 Å². The lowest BCUT2D eigenvalue weighted by Crippen LogP contribution is -2.43. The van der Waals surface area contributed by atoms with Crippen molar-refractivity contribution in [2.75, 3.05) is 34.3 Å². The first kappa shape index (κ1) is 12.9. The van der Waals surface area contributed by atoms with E-state index in [0.29, 0.717) is 6.54 Å². The van der Waals surface area contributed by atoms with Crippen molar-refractivity contribution in [2.45, 2.75) is 6.10 Å². The normalized spacial score (nSPS) is 12.6. The lowest BCUT2D eigenvalue weighted by Gasteiger charge is -2.18. The van der Waals surface area contributed by atoms with Crippen molar-refractivity contribution in [1.29, 1.82) is 0 Å². The maximum absolute atomic E-state index is 11.3. The zero-order valence-electron chi connectivity index (χ0n) is 8.61. The van der Waals surface area contributed by atoms with Crippen LogP contribution >= 0.6 is 0 Å². The van der Waals surface area contributed by atoms with E-state index in [1.807, 2.05) is 0 Å². The number of carboxylic acids is 1. The summed E-state index contributed by atoms with van der Waals surface area (Å²) >= 11 is 0. The van der Waals surface area contributed by atoms with Gasteiger partial charge >= 0.3 is 5.97 Å². The number of rotatable bonds is 6. The summed E-state index contributed by atoms with van der Waals surface area (Å²) in [7, 11) is 5.02. The molecule has 0 aromatic heterocycles. The Balaban J connectivity index is 3.97. The molecule has 0 aliphatic rings. The van der Waals surface area contributed by atoms with Gasteiger partial charge in [0.1, 0.15) is 12.6 Å². The molecule has 6 nitrogen and oxygen atoms in total. The fourth-order valence-electron chi connectivity index (χ4n) is 0.873. The zero-order chi connectivity index (χ0) is 11.1. The highest BCUT2D eigenvalue weighted by atomic mass is 16.5. The first-order chi connectivity index (χ1) is 6.47. The van der Waals surface area contributed by atoms with Gasteiger partial charge in [-0.15, -0.1) is 0 Å². The van der Waals surface area contributed by atoms with Crippen molar-refractivity contribution >= 4 is 11.9 Å². The summed E-state index contributed by atoms with van der Waals surface area (Å²) in [5, 5.41) is 10.6. The number of ether oxygens (including phenoxy) is 1. The quantitative estimate of drug-likeness (QED) is 0.566. The molecule has 0 saturated heterocycles. The third-order valence-corrected chi connectivity index (χ3v) is 1.52. The summed E-state index contributed by atoms with van der Waals surface area (Å²) in [5.74, 6) is -1.48. The number of hydrogen-bond donors (Lipinski definition) is 2. The molecule has 6 heteroatoms. The molecule has 0 spiro atoms. The van der Waals surface area contributed by atoms with Crippen LogP contribution in [0.1, 0.15) is 0 Å². The standard InChI is InChI=1S/C8H16N2O4/c1-10(2)5-6(14-3)8(13)9-4-7(11)12/h6H,4-5H2,1-3H3,(H,9,13)(H,11,12). The largest absolute Gasteiger partial charge is 0.480 e. The average molecular weight is 204 g/mol. The van der Waals surface area contributed by atoms with Crippen molar-refractivity contribution < 1.29 is 19.4 Å². The lowest BCUT2D eigenvalue weighted by molar-refractivity contribution is -0.140. The van der Waals surface area contributed by atoms with E-state index in [0.717, 1.165) is 0 Å². The lowest BCUT2D eigenvalue weighted by atomic mass is 10.3. The van der Waals surface area contributed by atoms with Crippen LogP contribution in [-0.2, 0) is 14.3 Å². The van der Waals surface area contributed by atoms with Gasteiger partial charge in [-0.25, -0.2) is 0 Å². The molecule has 0 bridgehead atoms. The van der Waals surface area contributed by atoms with Gasteiger partial charge in [-0.3, -0.25) is 9.59 Å². The van der Waals surface area contributed by atoms with Crippen molar-refractivity contribution in [3.8, 4) is 0 Å². The Morgan fingerprint density at radius 3 is 2.43 bits per heavy atom. The second-order valence-electron chi connectivity index (χ2n) is 3.10. The first-order valence-corrected chi connectivity index (χ1v) is 4.14. The molecule has 0 radical (unpaired) electrons. The van der Waals surface area contributed by atoms with Gasteiger partial charge in [-0.1, -0.05) is 0 Å². The predicted octanol–water partition coefficient (Wildman–Crippen LogP) is -1.24. The molecule has 0 heterocycles. The number of carboxylic acid groups (broad SMARTS) is 1. The summed E-state index contributed by atoms with van der Waals surface area (Å²) in [4.78, 5) is 23.2. The van der Waals surface area contributed by atoms with E-state index in [2.05, 4.69) is 5.32 Å². The minimum absolute atomic E-state index is 0.383. The summed E-state index contributed by atoms with van der Waals surface area (Å²) < 4.78 is 4.91. The minimum Gasteiger partial charge on any atom is -0.480 e. The van der Waals surface area contributed by atoms with Gasteiger partial charge in [0.05, 0.1) is 0 Å². The Labute approximate surface area is 82.8 Å². The maximum atomic E-state index is 11.3. The van der Waals surface area contributed by atoms with Gasteiger partial charge in [-0.2, -0.15) is 0 Å². The second-order valence-corrected chi connectivity index (χ2v) is 3.10. The van der Waals surface area contributed by atoms with E-state index in [1.165, 1.54) is 7.11 Å². The Morgan fingerprint density at radius 2 is 2.07 bits per heavy atom. The number of carbonyl (C=O) groups excluding carboxylic acids is 1. The van der Waals surface area contributed by atoms with Gasteiger partial charge in [0, 0.05) is 13.7 Å². The number of aliphatic carboxylic acids is 1.